The Morgan fingerprint density at radius 2 is 1.48 bits per heavy atom. The van der Waals surface area contributed by atoms with Gasteiger partial charge < -0.3 is 15.3 Å². The number of benzene rings is 3. The Balaban J connectivity index is 1.90. The summed E-state index contributed by atoms with van der Waals surface area (Å²) in [7, 11) is 0. The molecule has 0 bridgehead atoms. The minimum absolute atomic E-state index is 0.350. The van der Waals surface area contributed by atoms with Crippen LogP contribution in [0.2, 0.25) is 0 Å². The summed E-state index contributed by atoms with van der Waals surface area (Å²) in [5, 5.41) is 14.2. The van der Waals surface area contributed by atoms with Crippen LogP contribution in [-0.2, 0) is 15.9 Å². The van der Waals surface area contributed by atoms with Crippen molar-refractivity contribution in [1.29, 1.82) is 0 Å². The fourth-order valence-electron chi connectivity index (χ4n) is 4.85. The Hall–Kier alpha value is -3.11. The Morgan fingerprint density at radius 1 is 0.889 bits per heavy atom. The van der Waals surface area contributed by atoms with Crippen LogP contribution in [0.25, 0.3) is 0 Å². The summed E-state index contributed by atoms with van der Waals surface area (Å²) in [6.45, 7) is 1.98. The maximum absolute atomic E-state index is 12.8. The number of aliphatic hydroxyl groups excluding tert-OH is 1. The maximum Gasteiger partial charge on any atom is 0.252 e. The third-order valence-corrected chi connectivity index (χ3v) is 6.10. The molecule has 3 aromatic carbocycles. The zero-order valence-corrected chi connectivity index (χ0v) is 15.0. The van der Waals surface area contributed by atoms with Crippen molar-refractivity contribution in [1.82, 2.24) is 5.32 Å². The number of aliphatic hydroxyl groups is 1. The average molecular weight is 356 g/mol. The fraction of sp³-hybridized carbons (Fsp3) is 0.174. The van der Waals surface area contributed by atoms with Gasteiger partial charge in [-0.25, -0.2) is 0 Å². The van der Waals surface area contributed by atoms with E-state index in [0.717, 1.165) is 22.5 Å². The van der Waals surface area contributed by atoms with Gasteiger partial charge in [-0.3, -0.25) is 4.79 Å². The Morgan fingerprint density at radius 3 is 2.19 bits per heavy atom. The van der Waals surface area contributed by atoms with Gasteiger partial charge in [0, 0.05) is 11.4 Å². The van der Waals surface area contributed by atoms with Gasteiger partial charge in [0.15, 0.2) is 5.66 Å². The molecule has 134 valence electrons. The highest BCUT2D eigenvalue weighted by Crippen LogP contribution is 2.61. The minimum Gasteiger partial charge on any atom is -0.382 e. The molecule has 0 aliphatic carbocycles. The van der Waals surface area contributed by atoms with Crippen LogP contribution in [0.15, 0.2) is 84.9 Å². The number of hydrogen-bond acceptors (Lipinski definition) is 3. The highest BCUT2D eigenvalue weighted by Gasteiger charge is 2.70. The number of fused-ring (bicyclic) bond motifs is 3. The van der Waals surface area contributed by atoms with Crippen LogP contribution in [0.5, 0.6) is 0 Å². The van der Waals surface area contributed by atoms with Crippen molar-refractivity contribution in [3.63, 3.8) is 0 Å². The van der Waals surface area contributed by atoms with Gasteiger partial charge >= 0.3 is 0 Å². The number of hydrogen-bond donors (Lipinski definition) is 2. The highest BCUT2D eigenvalue weighted by molar-refractivity contribution is 5.94. The molecule has 2 N–H and O–H groups in total. The van der Waals surface area contributed by atoms with Crippen LogP contribution in [0.1, 0.15) is 18.1 Å². The van der Waals surface area contributed by atoms with Crippen molar-refractivity contribution in [2.75, 3.05) is 4.90 Å². The lowest BCUT2D eigenvalue weighted by atomic mass is 9.70. The van der Waals surface area contributed by atoms with Gasteiger partial charge in [-0.2, -0.15) is 0 Å². The molecular weight excluding hydrogens is 336 g/mol. The monoisotopic (exact) mass is 356 g/mol. The van der Waals surface area contributed by atoms with Crippen LogP contribution in [0.3, 0.4) is 0 Å². The van der Waals surface area contributed by atoms with Gasteiger partial charge in [0.2, 0.25) is 0 Å². The summed E-state index contributed by atoms with van der Waals surface area (Å²) < 4.78 is 0. The molecule has 3 aromatic rings. The smallest absolute Gasteiger partial charge is 0.252 e. The second kappa shape index (κ2) is 5.44. The predicted octanol–water partition coefficient (Wildman–Crippen LogP) is 3.44. The van der Waals surface area contributed by atoms with Gasteiger partial charge in [0.1, 0.15) is 6.10 Å². The molecule has 1 amide bonds. The first-order chi connectivity index (χ1) is 13.1. The predicted molar refractivity (Wildman–Crippen MR) is 105 cm³/mol. The van der Waals surface area contributed by atoms with Gasteiger partial charge in [-0.1, -0.05) is 66.7 Å². The number of nitrogens with zero attached hydrogens (tertiary/aromatic N) is 1. The van der Waals surface area contributed by atoms with Crippen molar-refractivity contribution >= 4 is 17.3 Å². The molecule has 27 heavy (non-hydrogen) atoms. The van der Waals surface area contributed by atoms with E-state index in [-0.39, 0.29) is 5.91 Å². The molecule has 3 atom stereocenters. The molecule has 0 unspecified atom stereocenters. The van der Waals surface area contributed by atoms with E-state index in [0.29, 0.717) is 0 Å². The minimum atomic E-state index is -1.15. The van der Waals surface area contributed by atoms with E-state index in [1.54, 1.807) is 0 Å². The lowest BCUT2D eigenvalue weighted by Gasteiger charge is -2.45. The molecule has 0 radical (unpaired) electrons. The summed E-state index contributed by atoms with van der Waals surface area (Å²) in [6.07, 6.45) is -1.15. The number of nitrogens with one attached hydrogen (secondary N) is 1. The fourth-order valence-corrected chi connectivity index (χ4v) is 4.85. The molecule has 2 aliphatic heterocycles. The summed E-state index contributed by atoms with van der Waals surface area (Å²) in [5.41, 5.74) is 2.12. The number of para-hydroxylation sites is 2. The summed E-state index contributed by atoms with van der Waals surface area (Å²) >= 11 is 0. The first-order valence-corrected chi connectivity index (χ1v) is 9.11. The first kappa shape index (κ1) is 16.1. The molecule has 4 nitrogen and oxygen atoms in total. The zero-order chi connectivity index (χ0) is 18.6. The lowest BCUT2D eigenvalue weighted by molar-refractivity contribution is -0.127. The van der Waals surface area contributed by atoms with Crippen molar-refractivity contribution in [3.05, 3.63) is 96.1 Å². The van der Waals surface area contributed by atoms with Gasteiger partial charge in [-0.15, -0.1) is 0 Å². The zero-order valence-electron chi connectivity index (χ0n) is 15.0. The molecule has 0 spiro atoms. The average Bonchev–Trinajstić information content (AvgIpc) is 3.07. The van der Waals surface area contributed by atoms with E-state index in [1.165, 1.54) is 0 Å². The summed E-state index contributed by atoms with van der Waals surface area (Å²) in [4.78, 5) is 14.9. The summed E-state index contributed by atoms with van der Waals surface area (Å²) in [5.74, 6) is -0.350. The van der Waals surface area contributed by atoms with Crippen LogP contribution in [0.4, 0.5) is 11.4 Å². The summed E-state index contributed by atoms with van der Waals surface area (Å²) in [6, 6.07) is 27.9. The van der Waals surface area contributed by atoms with E-state index < -0.39 is 17.2 Å². The van der Waals surface area contributed by atoms with Crippen molar-refractivity contribution in [2.45, 2.75) is 24.1 Å². The largest absolute Gasteiger partial charge is 0.382 e. The van der Waals surface area contributed by atoms with E-state index in [2.05, 4.69) is 16.3 Å². The van der Waals surface area contributed by atoms with Crippen molar-refractivity contribution in [2.24, 2.45) is 0 Å². The number of anilines is 2. The number of carbonyl (C=O) groups excluding carboxylic acids is 1. The molecule has 0 saturated carbocycles. The second-order valence-corrected chi connectivity index (χ2v) is 7.36. The van der Waals surface area contributed by atoms with Crippen LogP contribution in [-0.4, -0.2) is 17.1 Å². The second-order valence-electron chi connectivity index (χ2n) is 7.36. The quantitative estimate of drug-likeness (QED) is 0.740. The van der Waals surface area contributed by atoms with Crippen LogP contribution >= 0.6 is 0 Å². The number of carbonyl (C=O) groups is 1. The van der Waals surface area contributed by atoms with Crippen molar-refractivity contribution in [3.8, 4) is 0 Å². The third kappa shape index (κ3) is 1.83. The van der Waals surface area contributed by atoms with E-state index in [4.69, 9.17) is 0 Å². The Kier molecular flexibility index (Phi) is 3.24. The standard InChI is InChI=1S/C23H20N2O2/c1-22-18-14-8-9-15-19(18)25(17-12-6-3-7-13-17)23(22,24-21(27)20(22)26)16-10-4-2-5-11-16/h2-15,20,26H,1H3,(H,24,27)/t20-,22-,23+/m0/s1. The Bertz CT molecular complexity index is 1020. The molecule has 2 aliphatic rings. The van der Waals surface area contributed by atoms with E-state index in [1.807, 2.05) is 85.8 Å². The van der Waals surface area contributed by atoms with Crippen molar-refractivity contribution < 1.29 is 9.90 Å². The lowest BCUT2D eigenvalue weighted by Crippen LogP contribution is -2.58. The van der Waals surface area contributed by atoms with Crippen LogP contribution in [0, 0.1) is 0 Å². The molecule has 1 saturated heterocycles. The molecule has 1 fully saturated rings. The number of amides is 1. The molecule has 2 heterocycles. The SMILES string of the molecule is C[C@@]12c3ccccc3N(c3ccccc3)[C@@]1(c1ccccc1)NC(=O)[C@@H]2O. The molecular formula is C23H20N2O2. The molecule has 5 rings (SSSR count). The van der Waals surface area contributed by atoms with Gasteiger partial charge in [-0.05, 0) is 36.2 Å². The molecule has 0 aromatic heterocycles. The topological polar surface area (TPSA) is 52.6 Å². The Labute approximate surface area is 158 Å². The first-order valence-electron chi connectivity index (χ1n) is 9.11. The molecule has 4 heteroatoms. The third-order valence-electron chi connectivity index (χ3n) is 6.10. The number of rotatable bonds is 2. The van der Waals surface area contributed by atoms with E-state index >= 15 is 0 Å². The van der Waals surface area contributed by atoms with Gasteiger partial charge in [0.05, 0.1) is 5.41 Å². The van der Waals surface area contributed by atoms with Crippen LogP contribution < -0.4 is 10.2 Å². The van der Waals surface area contributed by atoms with Gasteiger partial charge in [0.25, 0.3) is 5.91 Å². The normalized spacial score (nSPS) is 28.6. The highest BCUT2D eigenvalue weighted by atomic mass is 16.3. The maximum atomic E-state index is 12.8. The van der Waals surface area contributed by atoms with E-state index in [9.17, 15) is 9.90 Å².